The number of unbranched alkanes of at least 4 members (excludes halogenated alkanes) is 1. The van der Waals surface area contributed by atoms with Gasteiger partial charge in [-0.05, 0) is 32.6 Å². The predicted molar refractivity (Wildman–Crippen MR) is 80.9 cm³/mol. The third kappa shape index (κ3) is 5.66. The maximum Gasteiger partial charge on any atom is 0.248 e. The summed E-state index contributed by atoms with van der Waals surface area (Å²) in [4.78, 5) is 16.3. The van der Waals surface area contributed by atoms with Crippen molar-refractivity contribution < 1.29 is 4.79 Å². The number of carbonyl (C=O) groups is 1. The molecule has 0 N–H and O–H groups in total. The smallest absolute Gasteiger partial charge is 0.248 e. The number of likely N-dealkylation sites (tertiary alicyclic amines) is 1. The van der Waals surface area contributed by atoms with Gasteiger partial charge in [-0.15, -0.1) is 0 Å². The van der Waals surface area contributed by atoms with E-state index in [0.717, 1.165) is 32.5 Å². The summed E-state index contributed by atoms with van der Waals surface area (Å²) >= 11 is 0. The summed E-state index contributed by atoms with van der Waals surface area (Å²) < 4.78 is 0. The highest BCUT2D eigenvalue weighted by atomic mass is 16.2. The van der Waals surface area contributed by atoms with Crippen molar-refractivity contribution in [3.8, 4) is 0 Å². The molecule has 3 nitrogen and oxygen atoms in total. The molecule has 1 aliphatic heterocycles. The molecule has 0 saturated carbocycles. The monoisotopic (exact) mass is 266 g/mol. The lowest BCUT2D eigenvalue weighted by Gasteiger charge is -2.27. The van der Waals surface area contributed by atoms with E-state index >= 15 is 0 Å². The zero-order chi connectivity index (χ0) is 14.1. The van der Waals surface area contributed by atoms with Crippen molar-refractivity contribution in [1.82, 2.24) is 9.80 Å². The van der Waals surface area contributed by atoms with Gasteiger partial charge in [0.25, 0.3) is 0 Å². The van der Waals surface area contributed by atoms with E-state index in [1.807, 2.05) is 11.1 Å². The highest BCUT2D eigenvalue weighted by molar-refractivity contribution is 5.87. The Hall–Kier alpha value is -0.990. The summed E-state index contributed by atoms with van der Waals surface area (Å²) in [7, 11) is 0. The molecule has 19 heavy (non-hydrogen) atoms. The van der Waals surface area contributed by atoms with E-state index < -0.39 is 0 Å². The van der Waals surface area contributed by atoms with Crippen LogP contribution in [0.1, 0.15) is 59.3 Å². The molecule has 110 valence electrons. The lowest BCUT2D eigenvalue weighted by molar-refractivity contribution is -0.125. The Bertz CT molecular complexity index is 282. The van der Waals surface area contributed by atoms with E-state index in [-0.39, 0.29) is 5.91 Å². The van der Waals surface area contributed by atoms with Gasteiger partial charge in [-0.1, -0.05) is 26.7 Å². The first-order chi connectivity index (χ1) is 9.19. The van der Waals surface area contributed by atoms with Crippen LogP contribution in [0, 0.1) is 0 Å². The Morgan fingerprint density at radius 1 is 1.26 bits per heavy atom. The molecule has 0 spiro atoms. The van der Waals surface area contributed by atoms with Crippen molar-refractivity contribution in [3.63, 3.8) is 0 Å². The van der Waals surface area contributed by atoms with Gasteiger partial charge in [0.05, 0.1) is 0 Å². The predicted octanol–water partition coefficient (Wildman–Crippen LogP) is 3.41. The van der Waals surface area contributed by atoms with Gasteiger partial charge in [0.1, 0.15) is 0 Å². The van der Waals surface area contributed by atoms with Crippen molar-refractivity contribution in [2.75, 3.05) is 19.6 Å². The molecule has 0 aliphatic carbocycles. The quantitative estimate of drug-likeness (QED) is 0.629. The second-order valence-electron chi connectivity index (χ2n) is 5.58. The lowest BCUT2D eigenvalue weighted by Crippen LogP contribution is -2.31. The summed E-state index contributed by atoms with van der Waals surface area (Å²) in [5, 5.41) is 0. The molecule has 0 aromatic heterocycles. The van der Waals surface area contributed by atoms with Crippen LogP contribution in [0.2, 0.25) is 0 Å². The summed E-state index contributed by atoms with van der Waals surface area (Å²) in [6.07, 6.45) is 10.9. The molecule has 3 heteroatoms. The molecule has 1 amide bonds. The van der Waals surface area contributed by atoms with E-state index in [4.69, 9.17) is 0 Å². The Morgan fingerprint density at radius 3 is 2.53 bits per heavy atom. The van der Waals surface area contributed by atoms with Crippen LogP contribution in [-0.2, 0) is 4.79 Å². The standard InChI is InChI=1S/C16H30N2O/c1-4-6-11-17(15(3)9-5-2)14-10-16(19)18-12-7-8-13-18/h10,14-15H,4-9,11-13H2,1-3H3/b14-10+. The van der Waals surface area contributed by atoms with Gasteiger partial charge in [0.15, 0.2) is 0 Å². The third-order valence-corrected chi connectivity index (χ3v) is 3.87. The van der Waals surface area contributed by atoms with Gasteiger partial charge < -0.3 is 9.80 Å². The fourth-order valence-corrected chi connectivity index (χ4v) is 2.57. The third-order valence-electron chi connectivity index (χ3n) is 3.87. The molecule has 1 unspecified atom stereocenters. The van der Waals surface area contributed by atoms with Crippen LogP contribution in [0.25, 0.3) is 0 Å². The Morgan fingerprint density at radius 2 is 1.95 bits per heavy atom. The van der Waals surface area contributed by atoms with Crippen molar-refractivity contribution in [2.45, 2.75) is 65.3 Å². The van der Waals surface area contributed by atoms with E-state index in [1.54, 1.807) is 6.08 Å². The first-order valence-corrected chi connectivity index (χ1v) is 7.91. The maximum absolute atomic E-state index is 12.0. The van der Waals surface area contributed by atoms with Crippen molar-refractivity contribution in [1.29, 1.82) is 0 Å². The Labute approximate surface area is 118 Å². The molecule has 0 bridgehead atoms. The number of rotatable bonds is 8. The van der Waals surface area contributed by atoms with Gasteiger partial charge in [-0.2, -0.15) is 0 Å². The molecule has 1 rings (SSSR count). The van der Waals surface area contributed by atoms with Gasteiger partial charge in [-0.3, -0.25) is 4.79 Å². The van der Waals surface area contributed by atoms with Crippen LogP contribution in [0.15, 0.2) is 12.3 Å². The summed E-state index contributed by atoms with van der Waals surface area (Å²) in [6, 6.07) is 0.527. The zero-order valence-corrected chi connectivity index (χ0v) is 12.9. The molecule has 1 atom stereocenters. The molecule has 0 aromatic rings. The molecule has 1 saturated heterocycles. The molecular weight excluding hydrogens is 236 g/mol. The normalized spacial score (nSPS) is 17.1. The minimum absolute atomic E-state index is 0.183. The van der Waals surface area contributed by atoms with Crippen LogP contribution in [0.4, 0.5) is 0 Å². The summed E-state index contributed by atoms with van der Waals surface area (Å²) in [5.74, 6) is 0.183. The van der Waals surface area contributed by atoms with Crippen LogP contribution < -0.4 is 0 Å². The second-order valence-corrected chi connectivity index (χ2v) is 5.58. The molecule has 1 heterocycles. The van der Waals surface area contributed by atoms with Gasteiger partial charge >= 0.3 is 0 Å². The van der Waals surface area contributed by atoms with Gasteiger partial charge in [0.2, 0.25) is 5.91 Å². The average Bonchev–Trinajstić information content (AvgIpc) is 2.92. The number of nitrogens with zero attached hydrogens (tertiary/aromatic N) is 2. The summed E-state index contributed by atoms with van der Waals surface area (Å²) in [5.41, 5.74) is 0. The number of amides is 1. The van der Waals surface area contributed by atoms with E-state index in [2.05, 4.69) is 25.7 Å². The first kappa shape index (κ1) is 16.1. The van der Waals surface area contributed by atoms with E-state index in [0.29, 0.717) is 6.04 Å². The van der Waals surface area contributed by atoms with Gasteiger partial charge in [0, 0.05) is 38.0 Å². The zero-order valence-electron chi connectivity index (χ0n) is 12.9. The topological polar surface area (TPSA) is 23.6 Å². The maximum atomic E-state index is 12.0. The lowest BCUT2D eigenvalue weighted by atomic mass is 10.1. The summed E-state index contributed by atoms with van der Waals surface area (Å²) in [6.45, 7) is 9.60. The SMILES string of the molecule is CCCCN(/C=C/C(=O)N1CCCC1)C(C)CCC. The van der Waals surface area contributed by atoms with Gasteiger partial charge in [-0.25, -0.2) is 0 Å². The van der Waals surface area contributed by atoms with E-state index in [9.17, 15) is 4.79 Å². The van der Waals surface area contributed by atoms with Crippen LogP contribution in [0.3, 0.4) is 0 Å². The fraction of sp³-hybridized carbons (Fsp3) is 0.812. The minimum Gasteiger partial charge on any atom is -0.374 e. The first-order valence-electron chi connectivity index (χ1n) is 7.91. The Kier molecular flexibility index (Phi) is 7.61. The fourth-order valence-electron chi connectivity index (χ4n) is 2.57. The average molecular weight is 266 g/mol. The minimum atomic E-state index is 0.183. The second kappa shape index (κ2) is 9.00. The number of hydrogen-bond acceptors (Lipinski definition) is 2. The Balaban J connectivity index is 2.51. The number of carbonyl (C=O) groups excluding carboxylic acids is 1. The molecule has 0 radical (unpaired) electrons. The number of hydrogen-bond donors (Lipinski definition) is 0. The highest BCUT2D eigenvalue weighted by Gasteiger charge is 2.16. The van der Waals surface area contributed by atoms with Crippen LogP contribution in [0.5, 0.6) is 0 Å². The van der Waals surface area contributed by atoms with Crippen molar-refractivity contribution in [3.05, 3.63) is 12.3 Å². The molecular formula is C16H30N2O. The van der Waals surface area contributed by atoms with E-state index in [1.165, 1.54) is 25.7 Å². The van der Waals surface area contributed by atoms with Crippen molar-refractivity contribution in [2.24, 2.45) is 0 Å². The molecule has 0 aromatic carbocycles. The van der Waals surface area contributed by atoms with Crippen molar-refractivity contribution >= 4 is 5.91 Å². The molecule has 1 aliphatic rings. The largest absolute Gasteiger partial charge is 0.374 e. The van der Waals surface area contributed by atoms with Crippen LogP contribution >= 0.6 is 0 Å². The van der Waals surface area contributed by atoms with Crippen LogP contribution in [-0.4, -0.2) is 41.4 Å². The highest BCUT2D eigenvalue weighted by Crippen LogP contribution is 2.11. The molecule has 1 fully saturated rings.